The maximum Gasteiger partial charge on any atom is 0.131 e. The molecule has 0 aliphatic carbocycles. The van der Waals surface area contributed by atoms with Gasteiger partial charge >= 0.3 is 0 Å². The van der Waals surface area contributed by atoms with Gasteiger partial charge in [-0.1, -0.05) is 18.6 Å². The van der Waals surface area contributed by atoms with Crippen LogP contribution in [0.25, 0.3) is 0 Å². The van der Waals surface area contributed by atoms with Crippen molar-refractivity contribution >= 4 is 0 Å². The Balaban J connectivity index is 2.60. The molecule has 0 radical (unpaired) electrons. The summed E-state index contributed by atoms with van der Waals surface area (Å²) in [7, 11) is 0. The van der Waals surface area contributed by atoms with E-state index in [2.05, 4.69) is 18.8 Å². The normalized spacial score (nSPS) is 12.2. The summed E-state index contributed by atoms with van der Waals surface area (Å²) in [6.45, 7) is 11.2. The summed E-state index contributed by atoms with van der Waals surface area (Å²) in [6.07, 6.45) is 1.83. The highest BCUT2D eigenvalue weighted by molar-refractivity contribution is 5.30. The second-order valence-electron chi connectivity index (χ2n) is 4.91. The average Bonchev–Trinajstić information content (AvgIpc) is 2.35. The van der Waals surface area contributed by atoms with Crippen LogP contribution in [0.1, 0.15) is 45.2 Å². The van der Waals surface area contributed by atoms with E-state index < -0.39 is 0 Å². The Bertz CT molecular complexity index is 417. The molecule has 0 aromatic heterocycles. The van der Waals surface area contributed by atoms with Crippen molar-refractivity contribution < 1.29 is 9.13 Å². The van der Waals surface area contributed by atoms with Crippen LogP contribution in [0.4, 0.5) is 4.39 Å². The van der Waals surface area contributed by atoms with Crippen LogP contribution in [0.3, 0.4) is 0 Å². The molecule has 1 aromatic rings. The third-order valence-corrected chi connectivity index (χ3v) is 2.94. The number of rotatable bonds is 8. The van der Waals surface area contributed by atoms with Gasteiger partial charge < -0.3 is 10.1 Å². The summed E-state index contributed by atoms with van der Waals surface area (Å²) in [6, 6.07) is 5.09. The molecule has 0 aliphatic rings. The monoisotopic (exact) mass is 265 g/mol. The molecule has 0 fully saturated rings. The van der Waals surface area contributed by atoms with E-state index in [-0.39, 0.29) is 11.9 Å². The summed E-state index contributed by atoms with van der Waals surface area (Å²) < 4.78 is 19.5. The van der Waals surface area contributed by atoms with Crippen molar-refractivity contribution in [1.82, 2.24) is 5.32 Å². The van der Waals surface area contributed by atoms with Crippen molar-refractivity contribution in [3.63, 3.8) is 0 Å². The van der Waals surface area contributed by atoms with Crippen LogP contribution in [-0.4, -0.2) is 13.2 Å². The lowest BCUT2D eigenvalue weighted by Gasteiger charge is -2.15. The number of halogens is 1. The summed E-state index contributed by atoms with van der Waals surface area (Å²) in [5.74, 6) is 0.356. The molecule has 1 rings (SSSR count). The molecule has 0 aliphatic heterocycles. The molecule has 3 heteroatoms. The molecule has 19 heavy (non-hydrogen) atoms. The van der Waals surface area contributed by atoms with E-state index in [0.29, 0.717) is 17.9 Å². The molecule has 0 spiro atoms. The van der Waals surface area contributed by atoms with Gasteiger partial charge in [-0.3, -0.25) is 0 Å². The maximum absolute atomic E-state index is 14.0. The van der Waals surface area contributed by atoms with Gasteiger partial charge in [-0.2, -0.15) is 0 Å². The van der Waals surface area contributed by atoms with Crippen molar-refractivity contribution in [2.24, 2.45) is 0 Å². The smallest absolute Gasteiger partial charge is 0.131 e. The number of nitrogens with one attached hydrogen (secondary N) is 1. The van der Waals surface area contributed by atoms with Gasteiger partial charge in [-0.05, 0) is 32.9 Å². The molecule has 0 bridgehead atoms. The fourth-order valence-electron chi connectivity index (χ4n) is 1.76. The van der Waals surface area contributed by atoms with E-state index in [0.717, 1.165) is 25.0 Å². The molecule has 1 N–H and O–H groups in total. The van der Waals surface area contributed by atoms with Crippen LogP contribution in [0, 0.1) is 5.82 Å². The van der Waals surface area contributed by atoms with E-state index in [1.54, 1.807) is 6.07 Å². The Hall–Kier alpha value is -1.35. The highest BCUT2D eigenvalue weighted by atomic mass is 19.1. The molecule has 106 valence electrons. The molecule has 0 amide bonds. The first kappa shape index (κ1) is 15.7. The standard InChI is InChI=1S/C16H24FNO/c1-5-9-18-13(4)15-7-6-14(11-16(15)17)19-10-8-12(2)3/h6-7,11,13,18H,2,5,8-10H2,1,3-4H3. The van der Waals surface area contributed by atoms with Crippen LogP contribution in [0.15, 0.2) is 30.4 Å². The van der Waals surface area contributed by atoms with E-state index in [1.807, 2.05) is 19.9 Å². The topological polar surface area (TPSA) is 21.3 Å². The second kappa shape index (κ2) is 7.95. The molecular formula is C16H24FNO. The summed E-state index contributed by atoms with van der Waals surface area (Å²) in [5, 5.41) is 3.27. The highest BCUT2D eigenvalue weighted by Gasteiger charge is 2.11. The van der Waals surface area contributed by atoms with Gasteiger partial charge in [-0.25, -0.2) is 4.39 Å². The average molecular weight is 265 g/mol. The molecule has 0 saturated carbocycles. The van der Waals surface area contributed by atoms with Crippen LogP contribution in [0.2, 0.25) is 0 Å². The lowest BCUT2D eigenvalue weighted by molar-refractivity contribution is 0.319. The second-order valence-corrected chi connectivity index (χ2v) is 4.91. The zero-order valence-corrected chi connectivity index (χ0v) is 12.1. The predicted molar refractivity (Wildman–Crippen MR) is 78.0 cm³/mol. The van der Waals surface area contributed by atoms with Crippen LogP contribution >= 0.6 is 0 Å². The van der Waals surface area contributed by atoms with E-state index in [9.17, 15) is 4.39 Å². The van der Waals surface area contributed by atoms with Gasteiger partial charge in [-0.15, -0.1) is 6.58 Å². The summed E-state index contributed by atoms with van der Waals surface area (Å²) in [5.41, 5.74) is 1.75. The fourth-order valence-corrected chi connectivity index (χ4v) is 1.76. The predicted octanol–water partition coefficient (Wildman–Crippen LogP) is 4.23. The summed E-state index contributed by atoms with van der Waals surface area (Å²) >= 11 is 0. The molecule has 1 unspecified atom stereocenters. The van der Waals surface area contributed by atoms with Crippen molar-refractivity contribution in [2.75, 3.05) is 13.2 Å². The number of ether oxygens (including phenoxy) is 1. The Morgan fingerprint density at radius 2 is 2.21 bits per heavy atom. The van der Waals surface area contributed by atoms with E-state index in [4.69, 9.17) is 4.74 Å². The Morgan fingerprint density at radius 1 is 1.47 bits per heavy atom. The minimum absolute atomic E-state index is 0.0180. The van der Waals surface area contributed by atoms with Gasteiger partial charge in [0.15, 0.2) is 0 Å². The Morgan fingerprint density at radius 3 is 2.79 bits per heavy atom. The zero-order valence-electron chi connectivity index (χ0n) is 12.1. The molecule has 2 nitrogen and oxygen atoms in total. The van der Waals surface area contributed by atoms with Crippen molar-refractivity contribution in [2.45, 2.75) is 39.7 Å². The minimum atomic E-state index is -0.219. The van der Waals surface area contributed by atoms with E-state index >= 15 is 0 Å². The Labute approximate surface area is 115 Å². The highest BCUT2D eigenvalue weighted by Crippen LogP contribution is 2.22. The number of benzene rings is 1. The van der Waals surface area contributed by atoms with Gasteiger partial charge in [0.1, 0.15) is 11.6 Å². The zero-order chi connectivity index (χ0) is 14.3. The van der Waals surface area contributed by atoms with Crippen molar-refractivity contribution in [3.8, 4) is 5.75 Å². The third-order valence-electron chi connectivity index (χ3n) is 2.94. The van der Waals surface area contributed by atoms with Crippen molar-refractivity contribution in [3.05, 3.63) is 41.7 Å². The van der Waals surface area contributed by atoms with Gasteiger partial charge in [0.2, 0.25) is 0 Å². The first-order chi connectivity index (χ1) is 9.04. The molecule has 0 heterocycles. The van der Waals surface area contributed by atoms with Gasteiger partial charge in [0, 0.05) is 24.1 Å². The first-order valence-corrected chi connectivity index (χ1v) is 6.84. The number of hydrogen-bond acceptors (Lipinski definition) is 2. The molecular weight excluding hydrogens is 241 g/mol. The molecule has 0 saturated heterocycles. The minimum Gasteiger partial charge on any atom is -0.493 e. The van der Waals surface area contributed by atoms with Gasteiger partial charge in [0.25, 0.3) is 0 Å². The maximum atomic E-state index is 14.0. The molecule has 1 atom stereocenters. The third kappa shape index (κ3) is 5.43. The first-order valence-electron chi connectivity index (χ1n) is 6.84. The largest absolute Gasteiger partial charge is 0.493 e. The summed E-state index contributed by atoms with van der Waals surface area (Å²) in [4.78, 5) is 0. The Kier molecular flexibility index (Phi) is 6.57. The lowest BCUT2D eigenvalue weighted by atomic mass is 10.1. The SMILES string of the molecule is C=C(C)CCOc1ccc(C(C)NCCC)c(F)c1. The fraction of sp³-hybridized carbons (Fsp3) is 0.500. The number of hydrogen-bond donors (Lipinski definition) is 1. The van der Waals surface area contributed by atoms with E-state index in [1.165, 1.54) is 6.07 Å². The van der Waals surface area contributed by atoms with Crippen LogP contribution in [-0.2, 0) is 0 Å². The van der Waals surface area contributed by atoms with Gasteiger partial charge in [0.05, 0.1) is 6.61 Å². The molecule has 1 aromatic carbocycles. The van der Waals surface area contributed by atoms with Crippen molar-refractivity contribution in [1.29, 1.82) is 0 Å². The quantitative estimate of drug-likeness (QED) is 0.710. The van der Waals surface area contributed by atoms with Crippen LogP contribution < -0.4 is 10.1 Å². The lowest BCUT2D eigenvalue weighted by Crippen LogP contribution is -2.20. The van der Waals surface area contributed by atoms with Crippen LogP contribution in [0.5, 0.6) is 5.75 Å².